The average molecular weight is 447 g/mol. The number of unbranched alkanes of at least 4 members (excludes halogenated alkanes) is 12. The fraction of sp³-hybridized carbons (Fsp3) is 1.00. The number of hydrogen-bond acceptors (Lipinski definition) is 3. The van der Waals surface area contributed by atoms with Gasteiger partial charge in [0.2, 0.25) is 0 Å². The topological polar surface area (TPSA) is 27.7 Å². The Bertz CT molecular complexity index is 362. The first kappa shape index (κ1) is 30.1. The third-order valence-electron chi connectivity index (χ3n) is 6.69. The van der Waals surface area contributed by atoms with Crippen molar-refractivity contribution < 1.29 is 17.8 Å². The molecule has 0 N–H and O–H groups in total. The molecule has 0 aromatic heterocycles. The quantitative estimate of drug-likeness (QED) is 0.0999. The van der Waals surface area contributed by atoms with Crippen molar-refractivity contribution in [2.75, 3.05) is 42.5 Å². The maximum absolute atomic E-state index is 5.58. The zero-order valence-corrected chi connectivity index (χ0v) is 22.8. The van der Waals surface area contributed by atoms with Crippen LogP contribution in [0.4, 0.5) is 0 Å². The van der Waals surface area contributed by atoms with Crippen molar-refractivity contribution in [1.82, 2.24) is 0 Å². The lowest BCUT2D eigenvalue weighted by molar-refractivity contribution is -0.896. The van der Waals surface area contributed by atoms with Crippen LogP contribution in [0.5, 0.6) is 0 Å². The van der Waals surface area contributed by atoms with E-state index in [9.17, 15) is 0 Å². The smallest absolute Gasteiger partial charge is 0.377 e. The molecular formula is C25H56NO3Si+. The summed E-state index contributed by atoms with van der Waals surface area (Å²) in [6.45, 7) is 2.29. The molecule has 5 heteroatoms. The third-order valence-corrected chi connectivity index (χ3v) is 9.52. The Kier molecular flexibility index (Phi) is 18.6. The predicted octanol–water partition coefficient (Wildman–Crippen LogP) is 7.20. The van der Waals surface area contributed by atoms with Gasteiger partial charge >= 0.3 is 8.80 Å². The highest BCUT2D eigenvalue weighted by Crippen LogP contribution is 2.23. The van der Waals surface area contributed by atoms with E-state index in [1.54, 1.807) is 21.3 Å². The Morgan fingerprint density at radius 1 is 0.567 bits per heavy atom. The maximum Gasteiger partial charge on any atom is 0.500 e. The average Bonchev–Trinajstić information content (AvgIpc) is 2.72. The van der Waals surface area contributed by atoms with E-state index in [2.05, 4.69) is 28.1 Å². The third kappa shape index (κ3) is 15.0. The molecule has 0 heterocycles. The summed E-state index contributed by atoms with van der Waals surface area (Å²) in [6.07, 6.45) is 22.1. The molecule has 0 aliphatic rings. The summed E-state index contributed by atoms with van der Waals surface area (Å²) in [5.74, 6) is 0. The van der Waals surface area contributed by atoms with Crippen LogP contribution in [-0.4, -0.2) is 61.8 Å². The van der Waals surface area contributed by atoms with Crippen LogP contribution in [0.1, 0.15) is 110 Å². The largest absolute Gasteiger partial charge is 0.500 e. The number of rotatable bonds is 22. The van der Waals surface area contributed by atoms with Crippen LogP contribution in [0.2, 0.25) is 6.04 Å². The molecule has 0 spiro atoms. The van der Waals surface area contributed by atoms with Gasteiger partial charge in [-0.05, 0) is 25.7 Å². The second-order valence-electron chi connectivity index (χ2n) is 9.99. The molecule has 1 unspecified atom stereocenters. The Morgan fingerprint density at radius 2 is 0.933 bits per heavy atom. The summed E-state index contributed by atoms with van der Waals surface area (Å²) >= 11 is 0. The van der Waals surface area contributed by atoms with Crippen molar-refractivity contribution in [3.8, 4) is 0 Å². The maximum atomic E-state index is 5.58. The number of hydrogen-bond donors (Lipinski definition) is 0. The molecule has 0 bridgehead atoms. The molecule has 0 fully saturated rings. The van der Waals surface area contributed by atoms with Gasteiger partial charge in [0.25, 0.3) is 0 Å². The molecule has 0 aromatic rings. The van der Waals surface area contributed by atoms with Crippen molar-refractivity contribution in [1.29, 1.82) is 0 Å². The first-order chi connectivity index (χ1) is 14.3. The standard InChI is InChI=1S/C25H56NO3Si/c1-8-9-10-11-12-13-14-15-16-17-18-19-20-22-25(26(2,3)4)23-21-24-30(27-5,28-6)29-7/h25H,8-24H2,1-7H3/q+1. The van der Waals surface area contributed by atoms with E-state index in [1.807, 2.05) is 0 Å². The molecule has 0 rings (SSSR count). The van der Waals surface area contributed by atoms with Gasteiger partial charge in [-0.1, -0.05) is 84.0 Å². The van der Waals surface area contributed by atoms with Gasteiger partial charge in [0.1, 0.15) is 0 Å². The lowest BCUT2D eigenvalue weighted by Gasteiger charge is -2.35. The molecule has 0 saturated carbocycles. The summed E-state index contributed by atoms with van der Waals surface area (Å²) in [4.78, 5) is 0. The van der Waals surface area contributed by atoms with Gasteiger partial charge in [0, 0.05) is 27.4 Å². The highest BCUT2D eigenvalue weighted by molar-refractivity contribution is 6.60. The Hall–Kier alpha value is 0.0569. The van der Waals surface area contributed by atoms with Crippen molar-refractivity contribution in [2.45, 2.75) is 122 Å². The van der Waals surface area contributed by atoms with Crippen LogP contribution in [0.15, 0.2) is 0 Å². The van der Waals surface area contributed by atoms with Gasteiger partial charge < -0.3 is 17.8 Å². The zero-order valence-electron chi connectivity index (χ0n) is 21.8. The van der Waals surface area contributed by atoms with Gasteiger partial charge in [0.15, 0.2) is 0 Å². The second kappa shape index (κ2) is 18.6. The highest BCUT2D eigenvalue weighted by Gasteiger charge is 2.37. The normalized spacial score (nSPS) is 13.7. The molecule has 0 amide bonds. The minimum atomic E-state index is -2.42. The van der Waals surface area contributed by atoms with Crippen LogP contribution in [0.25, 0.3) is 0 Å². The molecule has 0 aliphatic carbocycles. The summed E-state index contributed by atoms with van der Waals surface area (Å²) < 4.78 is 17.8. The fourth-order valence-electron chi connectivity index (χ4n) is 4.43. The van der Waals surface area contributed by atoms with Gasteiger partial charge in [-0.25, -0.2) is 0 Å². The minimum Gasteiger partial charge on any atom is -0.377 e. The molecular weight excluding hydrogens is 390 g/mol. The molecule has 0 aromatic carbocycles. The minimum absolute atomic E-state index is 0.704. The van der Waals surface area contributed by atoms with Crippen LogP contribution in [0, 0.1) is 0 Å². The SMILES string of the molecule is CCCCCCCCCCCCCCCC(CCC[Si](OC)(OC)OC)[N+](C)(C)C. The first-order valence-corrected chi connectivity index (χ1v) is 14.7. The van der Waals surface area contributed by atoms with Crippen molar-refractivity contribution in [3.05, 3.63) is 0 Å². The summed E-state index contributed by atoms with van der Waals surface area (Å²) in [5, 5.41) is 0. The van der Waals surface area contributed by atoms with Crippen LogP contribution in [-0.2, 0) is 13.3 Å². The van der Waals surface area contributed by atoms with Gasteiger partial charge in [0.05, 0.1) is 27.2 Å². The Labute approximate surface area is 191 Å². The van der Waals surface area contributed by atoms with Gasteiger partial charge in [-0.15, -0.1) is 0 Å². The highest BCUT2D eigenvalue weighted by atomic mass is 28.4. The van der Waals surface area contributed by atoms with E-state index in [0.717, 1.165) is 16.9 Å². The van der Waals surface area contributed by atoms with E-state index in [-0.39, 0.29) is 0 Å². The fourth-order valence-corrected chi connectivity index (χ4v) is 6.18. The van der Waals surface area contributed by atoms with E-state index < -0.39 is 8.80 Å². The molecule has 30 heavy (non-hydrogen) atoms. The monoisotopic (exact) mass is 446 g/mol. The molecule has 0 aliphatic heterocycles. The Morgan fingerprint density at radius 3 is 1.30 bits per heavy atom. The van der Waals surface area contributed by atoms with E-state index in [0.29, 0.717) is 6.04 Å². The van der Waals surface area contributed by atoms with Crippen LogP contribution >= 0.6 is 0 Å². The van der Waals surface area contributed by atoms with Crippen molar-refractivity contribution in [3.63, 3.8) is 0 Å². The van der Waals surface area contributed by atoms with Crippen molar-refractivity contribution in [2.24, 2.45) is 0 Å². The second-order valence-corrected chi connectivity index (χ2v) is 13.1. The Balaban J connectivity index is 3.84. The van der Waals surface area contributed by atoms with Crippen LogP contribution < -0.4 is 0 Å². The van der Waals surface area contributed by atoms with Crippen molar-refractivity contribution >= 4 is 8.80 Å². The predicted molar refractivity (Wildman–Crippen MR) is 133 cm³/mol. The lowest BCUT2D eigenvalue weighted by Crippen LogP contribution is -2.46. The molecule has 0 radical (unpaired) electrons. The summed E-state index contributed by atoms with van der Waals surface area (Å²) in [5.41, 5.74) is 0. The number of quaternary nitrogens is 1. The number of nitrogens with zero attached hydrogens (tertiary/aromatic N) is 1. The first-order valence-electron chi connectivity index (χ1n) is 12.8. The van der Waals surface area contributed by atoms with Gasteiger partial charge in [-0.2, -0.15) is 0 Å². The molecule has 4 nitrogen and oxygen atoms in total. The van der Waals surface area contributed by atoms with Gasteiger partial charge in [-0.3, -0.25) is 0 Å². The van der Waals surface area contributed by atoms with E-state index >= 15 is 0 Å². The van der Waals surface area contributed by atoms with E-state index in [4.69, 9.17) is 13.3 Å². The van der Waals surface area contributed by atoms with Crippen LogP contribution in [0.3, 0.4) is 0 Å². The summed E-state index contributed by atoms with van der Waals surface area (Å²) in [6, 6.07) is 1.61. The molecule has 1 atom stereocenters. The molecule has 182 valence electrons. The summed E-state index contributed by atoms with van der Waals surface area (Å²) in [7, 11) is 9.72. The molecule has 0 saturated heterocycles. The lowest BCUT2D eigenvalue weighted by atomic mass is 10.00. The zero-order chi connectivity index (χ0) is 22.7. The van der Waals surface area contributed by atoms with E-state index in [1.165, 1.54) is 96.3 Å².